The second kappa shape index (κ2) is 6.87. The Balaban J connectivity index is 2.55. The highest BCUT2D eigenvalue weighted by atomic mass is 16.5. The van der Waals surface area contributed by atoms with Gasteiger partial charge in [-0.2, -0.15) is 0 Å². The number of ether oxygens (including phenoxy) is 2. The average molecular weight is 208 g/mol. The van der Waals surface area contributed by atoms with E-state index in [9.17, 15) is 4.79 Å². The molecule has 1 rings (SSSR count). The van der Waals surface area contributed by atoms with Crippen molar-refractivity contribution in [1.29, 1.82) is 0 Å². The molecule has 0 bridgehead atoms. The van der Waals surface area contributed by atoms with Gasteiger partial charge in [0.1, 0.15) is 6.29 Å². The third-order valence-electron chi connectivity index (χ3n) is 1.80. The summed E-state index contributed by atoms with van der Waals surface area (Å²) in [4.78, 5) is 10.1. The molecule has 1 aromatic carbocycles. The van der Waals surface area contributed by atoms with E-state index in [1.54, 1.807) is 0 Å². The minimum Gasteiger partial charge on any atom is -0.490 e. The molecule has 1 aromatic rings. The molecule has 0 unspecified atom stereocenters. The van der Waals surface area contributed by atoms with Crippen LogP contribution in [0.4, 0.5) is 0 Å². The van der Waals surface area contributed by atoms with Gasteiger partial charge in [0.25, 0.3) is 0 Å². The normalized spacial score (nSPS) is 9.67. The van der Waals surface area contributed by atoms with Gasteiger partial charge in [-0.05, 0) is 18.6 Å². The summed E-state index contributed by atoms with van der Waals surface area (Å²) in [7, 11) is 0. The molecule has 0 saturated carbocycles. The predicted molar refractivity (Wildman–Crippen MR) is 58.4 cm³/mol. The molecule has 0 aliphatic heterocycles. The molecule has 0 amide bonds. The summed E-state index contributed by atoms with van der Waals surface area (Å²) in [6.07, 6.45) is 2.21. The lowest BCUT2D eigenvalue weighted by Crippen LogP contribution is -2.01. The summed E-state index contributed by atoms with van der Waals surface area (Å²) in [5.74, 6) is 1.44. The third kappa shape index (κ3) is 4.02. The van der Waals surface area contributed by atoms with Gasteiger partial charge in [0.15, 0.2) is 11.5 Å². The van der Waals surface area contributed by atoms with Crippen LogP contribution >= 0.6 is 0 Å². The number of carbonyl (C=O) groups excluding carboxylic acids is 1. The van der Waals surface area contributed by atoms with Gasteiger partial charge in [0.05, 0.1) is 13.2 Å². The Kier molecular flexibility index (Phi) is 5.30. The number of aldehydes is 1. The van der Waals surface area contributed by atoms with Crippen LogP contribution in [-0.4, -0.2) is 19.5 Å². The van der Waals surface area contributed by atoms with E-state index in [1.165, 1.54) is 0 Å². The summed E-state index contributed by atoms with van der Waals surface area (Å²) >= 11 is 0. The molecule has 3 nitrogen and oxygen atoms in total. The van der Waals surface area contributed by atoms with Gasteiger partial charge in [-0.25, -0.2) is 0 Å². The topological polar surface area (TPSA) is 35.5 Å². The third-order valence-corrected chi connectivity index (χ3v) is 1.80. The highest BCUT2D eigenvalue weighted by Gasteiger charge is 2.02. The first kappa shape index (κ1) is 11.6. The SMILES string of the molecule is CCCOc1ccccc1OCCC=O. The molecule has 0 aromatic heterocycles. The quantitative estimate of drug-likeness (QED) is 0.510. The minimum absolute atomic E-state index is 0.399. The Hall–Kier alpha value is -1.51. The van der Waals surface area contributed by atoms with Crippen LogP contribution in [-0.2, 0) is 4.79 Å². The van der Waals surface area contributed by atoms with E-state index in [4.69, 9.17) is 9.47 Å². The summed E-state index contributed by atoms with van der Waals surface area (Å²) < 4.78 is 10.9. The number of para-hydroxylation sites is 2. The summed E-state index contributed by atoms with van der Waals surface area (Å²) in [5.41, 5.74) is 0. The van der Waals surface area contributed by atoms with Crippen LogP contribution in [0.3, 0.4) is 0 Å². The fraction of sp³-hybridized carbons (Fsp3) is 0.417. The molecule has 3 heteroatoms. The molecule has 0 atom stereocenters. The molecule has 15 heavy (non-hydrogen) atoms. The molecule has 0 heterocycles. The zero-order valence-electron chi connectivity index (χ0n) is 8.94. The van der Waals surface area contributed by atoms with Gasteiger partial charge in [0.2, 0.25) is 0 Å². The van der Waals surface area contributed by atoms with E-state index in [0.717, 1.165) is 18.5 Å². The van der Waals surface area contributed by atoms with E-state index in [-0.39, 0.29) is 0 Å². The van der Waals surface area contributed by atoms with Crippen LogP contribution in [0.25, 0.3) is 0 Å². The number of rotatable bonds is 7. The Labute approximate surface area is 90.0 Å². The monoisotopic (exact) mass is 208 g/mol. The zero-order valence-corrected chi connectivity index (χ0v) is 8.94. The Bertz CT molecular complexity index is 297. The van der Waals surface area contributed by atoms with Crippen LogP contribution in [0.5, 0.6) is 11.5 Å². The lowest BCUT2D eigenvalue weighted by Gasteiger charge is -2.10. The first-order valence-electron chi connectivity index (χ1n) is 5.16. The van der Waals surface area contributed by atoms with E-state index >= 15 is 0 Å². The molecule has 0 N–H and O–H groups in total. The maximum atomic E-state index is 10.1. The summed E-state index contributed by atoms with van der Waals surface area (Å²) in [6.45, 7) is 3.12. The second-order valence-electron chi connectivity index (χ2n) is 3.10. The zero-order chi connectivity index (χ0) is 10.9. The number of hydrogen-bond donors (Lipinski definition) is 0. The molecule has 82 valence electrons. The van der Waals surface area contributed by atoms with Crippen LogP contribution in [0.15, 0.2) is 24.3 Å². The molecular weight excluding hydrogens is 192 g/mol. The second-order valence-corrected chi connectivity index (χ2v) is 3.10. The van der Waals surface area contributed by atoms with Crippen molar-refractivity contribution in [3.8, 4) is 11.5 Å². The maximum Gasteiger partial charge on any atom is 0.161 e. The first-order valence-corrected chi connectivity index (χ1v) is 5.16. The van der Waals surface area contributed by atoms with Gasteiger partial charge >= 0.3 is 0 Å². The average Bonchev–Trinajstić information content (AvgIpc) is 2.28. The minimum atomic E-state index is 0.399. The first-order chi connectivity index (χ1) is 7.38. The van der Waals surface area contributed by atoms with Gasteiger partial charge in [0, 0.05) is 6.42 Å². The Morgan fingerprint density at radius 2 is 1.73 bits per heavy atom. The fourth-order valence-electron chi connectivity index (χ4n) is 1.12. The van der Waals surface area contributed by atoms with Crippen molar-refractivity contribution >= 4 is 6.29 Å². The fourth-order valence-corrected chi connectivity index (χ4v) is 1.12. The van der Waals surface area contributed by atoms with Crippen LogP contribution in [0.2, 0.25) is 0 Å². The van der Waals surface area contributed by atoms with E-state index in [0.29, 0.717) is 25.4 Å². The number of hydrogen-bond acceptors (Lipinski definition) is 3. The van der Waals surface area contributed by atoms with Gasteiger partial charge in [-0.15, -0.1) is 0 Å². The smallest absolute Gasteiger partial charge is 0.161 e. The van der Waals surface area contributed by atoms with Crippen molar-refractivity contribution in [1.82, 2.24) is 0 Å². The van der Waals surface area contributed by atoms with E-state index in [2.05, 4.69) is 6.92 Å². The van der Waals surface area contributed by atoms with Crippen LogP contribution < -0.4 is 9.47 Å². The van der Waals surface area contributed by atoms with Crippen LogP contribution in [0.1, 0.15) is 19.8 Å². The highest BCUT2D eigenvalue weighted by molar-refractivity contribution is 5.49. The number of benzene rings is 1. The van der Waals surface area contributed by atoms with E-state index < -0.39 is 0 Å². The molecule has 0 saturated heterocycles. The molecule has 0 aliphatic rings. The number of carbonyl (C=O) groups is 1. The van der Waals surface area contributed by atoms with Gasteiger partial charge in [-0.1, -0.05) is 19.1 Å². The molecule has 0 spiro atoms. The Morgan fingerprint density at radius 1 is 1.13 bits per heavy atom. The lowest BCUT2D eigenvalue weighted by atomic mass is 10.3. The van der Waals surface area contributed by atoms with Crippen molar-refractivity contribution in [2.75, 3.05) is 13.2 Å². The molecular formula is C12H16O3. The van der Waals surface area contributed by atoms with Crippen molar-refractivity contribution < 1.29 is 14.3 Å². The largest absolute Gasteiger partial charge is 0.490 e. The maximum absolute atomic E-state index is 10.1. The molecule has 0 fully saturated rings. The van der Waals surface area contributed by atoms with Crippen LogP contribution in [0, 0.1) is 0 Å². The predicted octanol–water partition coefficient (Wildman–Crippen LogP) is 2.44. The standard InChI is InChI=1S/C12H16O3/c1-2-9-14-11-6-3-4-7-12(11)15-10-5-8-13/h3-4,6-8H,2,5,9-10H2,1H3. The molecule has 0 radical (unpaired) electrons. The van der Waals surface area contributed by atoms with Crippen molar-refractivity contribution in [3.63, 3.8) is 0 Å². The summed E-state index contributed by atoms with van der Waals surface area (Å²) in [6, 6.07) is 7.49. The van der Waals surface area contributed by atoms with Crippen molar-refractivity contribution in [3.05, 3.63) is 24.3 Å². The molecule has 0 aliphatic carbocycles. The van der Waals surface area contributed by atoms with E-state index in [1.807, 2.05) is 24.3 Å². The Morgan fingerprint density at radius 3 is 2.27 bits per heavy atom. The van der Waals surface area contributed by atoms with Crippen molar-refractivity contribution in [2.45, 2.75) is 19.8 Å². The van der Waals surface area contributed by atoms with Gasteiger partial charge < -0.3 is 14.3 Å². The van der Waals surface area contributed by atoms with Gasteiger partial charge in [-0.3, -0.25) is 0 Å². The lowest BCUT2D eigenvalue weighted by molar-refractivity contribution is -0.108. The summed E-state index contributed by atoms with van der Waals surface area (Å²) in [5, 5.41) is 0. The van der Waals surface area contributed by atoms with Crippen molar-refractivity contribution in [2.24, 2.45) is 0 Å². The highest BCUT2D eigenvalue weighted by Crippen LogP contribution is 2.26.